The van der Waals surface area contributed by atoms with Crippen LogP contribution in [0.1, 0.15) is 16.8 Å². The molecule has 0 saturated carbocycles. The number of aliphatic hydroxyl groups excluding tert-OH is 1. The molecule has 2 rings (SSSR count). The maximum atomic E-state index is 11.0. The average molecular weight is 265 g/mol. The molecule has 2 N–H and O–H groups in total. The van der Waals surface area contributed by atoms with E-state index in [2.05, 4.69) is 9.88 Å². The van der Waals surface area contributed by atoms with Gasteiger partial charge in [-0.2, -0.15) is 0 Å². The molecule has 0 spiro atoms. The normalized spacial score (nSPS) is 23.1. The molecule has 0 aliphatic carbocycles. The van der Waals surface area contributed by atoms with Crippen molar-refractivity contribution in [3.63, 3.8) is 0 Å². The van der Waals surface area contributed by atoms with E-state index in [-0.39, 0.29) is 17.7 Å². The second-order valence-electron chi connectivity index (χ2n) is 5.17. The van der Waals surface area contributed by atoms with Gasteiger partial charge in [0.15, 0.2) is 0 Å². The topological polar surface area (TPSA) is 76.9 Å². The fraction of sp³-hybridized carbons (Fsp3) is 0.538. The van der Waals surface area contributed by atoms with Crippen LogP contribution in [0.15, 0.2) is 18.3 Å². The predicted molar refractivity (Wildman–Crippen MR) is 71.5 cm³/mol. The average Bonchev–Trinajstić information content (AvgIpc) is 2.69. The van der Waals surface area contributed by atoms with Crippen molar-refractivity contribution in [3.05, 3.63) is 23.9 Å². The molecule has 19 heavy (non-hydrogen) atoms. The van der Waals surface area contributed by atoms with Crippen molar-refractivity contribution >= 4 is 11.8 Å². The Balaban J connectivity index is 2.23. The molecule has 1 aromatic heterocycles. The van der Waals surface area contributed by atoms with Crippen molar-refractivity contribution in [1.29, 1.82) is 0 Å². The van der Waals surface area contributed by atoms with Crippen molar-refractivity contribution in [3.8, 4) is 0 Å². The largest absolute Gasteiger partial charge is 0.478 e. The van der Waals surface area contributed by atoms with E-state index in [1.165, 1.54) is 12.3 Å². The molecule has 0 radical (unpaired) electrons. The van der Waals surface area contributed by atoms with Crippen LogP contribution in [0.4, 0.5) is 5.82 Å². The molecule has 0 amide bonds. The Bertz CT molecular complexity index is 464. The van der Waals surface area contributed by atoms with Gasteiger partial charge in [-0.1, -0.05) is 0 Å². The number of carboxylic acid groups (broad SMARTS) is 1. The van der Waals surface area contributed by atoms with Crippen LogP contribution in [-0.4, -0.2) is 65.4 Å². The number of hydrogen-bond acceptors (Lipinski definition) is 5. The molecular formula is C13H19N3O3. The second-order valence-corrected chi connectivity index (χ2v) is 5.17. The number of aliphatic hydroxyl groups is 1. The number of aromatic carboxylic acids is 1. The van der Waals surface area contributed by atoms with Crippen LogP contribution >= 0.6 is 0 Å². The van der Waals surface area contributed by atoms with Crippen LogP contribution in [-0.2, 0) is 0 Å². The fourth-order valence-electron chi connectivity index (χ4n) is 2.48. The number of carbonyl (C=O) groups is 1. The lowest BCUT2D eigenvalue weighted by Gasteiger charge is -2.27. The highest BCUT2D eigenvalue weighted by Crippen LogP contribution is 2.25. The summed E-state index contributed by atoms with van der Waals surface area (Å²) in [5, 5.41) is 18.8. The second kappa shape index (κ2) is 5.54. The minimum absolute atomic E-state index is 0.154. The van der Waals surface area contributed by atoms with Crippen LogP contribution in [0.3, 0.4) is 0 Å². The lowest BCUT2D eigenvalue weighted by molar-refractivity contribution is 0.0696. The van der Waals surface area contributed by atoms with Crippen LogP contribution < -0.4 is 4.90 Å². The van der Waals surface area contributed by atoms with E-state index in [1.54, 1.807) is 6.07 Å². The Morgan fingerprint density at radius 2 is 2.32 bits per heavy atom. The number of anilines is 1. The number of carboxylic acids is 1. The van der Waals surface area contributed by atoms with Crippen molar-refractivity contribution in [1.82, 2.24) is 9.88 Å². The molecular weight excluding hydrogens is 246 g/mol. The van der Waals surface area contributed by atoms with Crippen LogP contribution in [0.25, 0.3) is 0 Å². The molecule has 104 valence electrons. The molecule has 0 bridgehead atoms. The van der Waals surface area contributed by atoms with E-state index in [1.807, 2.05) is 19.0 Å². The first-order valence-electron chi connectivity index (χ1n) is 6.26. The Labute approximate surface area is 112 Å². The lowest BCUT2D eigenvalue weighted by atomic mass is 10.2. The summed E-state index contributed by atoms with van der Waals surface area (Å²) in [6, 6.07) is 3.18. The van der Waals surface area contributed by atoms with Gasteiger partial charge in [0.25, 0.3) is 0 Å². The van der Waals surface area contributed by atoms with Gasteiger partial charge >= 0.3 is 5.97 Å². The molecule has 1 fully saturated rings. The number of rotatable bonds is 4. The molecule has 1 aromatic rings. The zero-order valence-electron chi connectivity index (χ0n) is 11.2. The summed E-state index contributed by atoms with van der Waals surface area (Å²) in [6.07, 6.45) is 1.79. The van der Waals surface area contributed by atoms with Crippen LogP contribution in [0.5, 0.6) is 0 Å². The Morgan fingerprint density at radius 3 is 2.95 bits per heavy atom. The lowest BCUT2D eigenvalue weighted by Crippen LogP contribution is -2.38. The number of pyridine rings is 1. The Kier molecular flexibility index (Phi) is 4.01. The minimum atomic E-state index is -0.965. The summed E-state index contributed by atoms with van der Waals surface area (Å²) in [7, 11) is 3.95. The molecule has 6 heteroatoms. The molecule has 2 heterocycles. The van der Waals surface area contributed by atoms with Crippen molar-refractivity contribution < 1.29 is 15.0 Å². The van der Waals surface area contributed by atoms with Crippen LogP contribution in [0.2, 0.25) is 0 Å². The monoisotopic (exact) mass is 265 g/mol. The van der Waals surface area contributed by atoms with Gasteiger partial charge < -0.3 is 20.0 Å². The molecule has 1 aliphatic heterocycles. The SMILES string of the molecule is CN(C)CC1CC(O)CN1c1cc(C(=O)O)ccn1. The molecule has 2 atom stereocenters. The first-order valence-corrected chi connectivity index (χ1v) is 6.26. The first-order chi connectivity index (χ1) is 8.97. The maximum absolute atomic E-state index is 11.0. The van der Waals surface area contributed by atoms with E-state index < -0.39 is 5.97 Å². The Morgan fingerprint density at radius 1 is 1.58 bits per heavy atom. The number of aromatic nitrogens is 1. The zero-order chi connectivity index (χ0) is 14.0. The van der Waals surface area contributed by atoms with E-state index in [9.17, 15) is 9.90 Å². The molecule has 1 aliphatic rings. The maximum Gasteiger partial charge on any atom is 0.335 e. The Hall–Kier alpha value is -1.66. The van der Waals surface area contributed by atoms with E-state index in [0.717, 1.165) is 6.54 Å². The van der Waals surface area contributed by atoms with Gasteiger partial charge in [0.2, 0.25) is 0 Å². The van der Waals surface area contributed by atoms with Gasteiger partial charge in [-0.3, -0.25) is 0 Å². The number of likely N-dealkylation sites (N-methyl/N-ethyl adjacent to an activating group) is 1. The van der Waals surface area contributed by atoms with Crippen molar-refractivity contribution in [2.75, 3.05) is 32.1 Å². The highest BCUT2D eigenvalue weighted by Gasteiger charge is 2.32. The summed E-state index contributed by atoms with van der Waals surface area (Å²) in [4.78, 5) is 19.3. The van der Waals surface area contributed by atoms with Crippen molar-refractivity contribution in [2.45, 2.75) is 18.6 Å². The zero-order valence-corrected chi connectivity index (χ0v) is 11.2. The quantitative estimate of drug-likeness (QED) is 0.814. The third kappa shape index (κ3) is 3.21. The van der Waals surface area contributed by atoms with Gasteiger partial charge in [-0.15, -0.1) is 0 Å². The van der Waals surface area contributed by atoms with E-state index in [4.69, 9.17) is 5.11 Å². The third-order valence-electron chi connectivity index (χ3n) is 3.25. The van der Waals surface area contributed by atoms with Gasteiger partial charge in [-0.05, 0) is 32.6 Å². The minimum Gasteiger partial charge on any atom is -0.478 e. The van der Waals surface area contributed by atoms with Gasteiger partial charge in [-0.25, -0.2) is 9.78 Å². The molecule has 2 unspecified atom stereocenters. The van der Waals surface area contributed by atoms with Crippen molar-refractivity contribution in [2.24, 2.45) is 0 Å². The highest BCUT2D eigenvalue weighted by molar-refractivity contribution is 5.88. The molecule has 1 saturated heterocycles. The number of hydrogen-bond donors (Lipinski definition) is 2. The number of nitrogens with zero attached hydrogens (tertiary/aromatic N) is 3. The summed E-state index contributed by atoms with van der Waals surface area (Å²) in [5.74, 6) is -0.351. The third-order valence-corrected chi connectivity index (χ3v) is 3.25. The highest BCUT2D eigenvalue weighted by atomic mass is 16.4. The van der Waals surface area contributed by atoms with E-state index in [0.29, 0.717) is 18.8 Å². The molecule has 0 aromatic carbocycles. The molecule has 6 nitrogen and oxygen atoms in total. The van der Waals surface area contributed by atoms with Gasteiger partial charge in [0.1, 0.15) is 5.82 Å². The summed E-state index contributed by atoms with van der Waals surface area (Å²) < 4.78 is 0. The first kappa shape index (κ1) is 13.8. The predicted octanol–water partition coefficient (Wildman–Crippen LogP) is 0.281. The summed E-state index contributed by atoms with van der Waals surface area (Å²) >= 11 is 0. The van der Waals surface area contributed by atoms with E-state index >= 15 is 0 Å². The fourth-order valence-corrected chi connectivity index (χ4v) is 2.48. The summed E-state index contributed by atoms with van der Waals surface area (Å²) in [6.45, 7) is 1.30. The van der Waals surface area contributed by atoms with Gasteiger partial charge in [0.05, 0.1) is 11.7 Å². The smallest absolute Gasteiger partial charge is 0.335 e. The standard InChI is InChI=1S/C13H19N3O3/c1-15(2)7-10-6-11(17)8-16(10)12-5-9(13(18)19)3-4-14-12/h3-5,10-11,17H,6-8H2,1-2H3,(H,18,19). The summed E-state index contributed by atoms with van der Waals surface area (Å²) in [5.41, 5.74) is 0.218. The number of β-amino-alcohol motifs (C(OH)–C–C–N with tert-alkyl or cyclic N) is 1. The van der Waals surface area contributed by atoms with Gasteiger partial charge in [0, 0.05) is 25.3 Å². The van der Waals surface area contributed by atoms with Crippen LogP contribution in [0, 0.1) is 0 Å².